The lowest BCUT2D eigenvalue weighted by atomic mass is 9.97. The molecule has 2 heterocycles. The zero-order chi connectivity index (χ0) is 15.2. The number of likely N-dealkylation sites (tertiary alicyclic amines) is 1. The molecule has 8 nitrogen and oxygen atoms in total. The van der Waals surface area contributed by atoms with Gasteiger partial charge in [-0.3, -0.25) is 4.90 Å². The van der Waals surface area contributed by atoms with Crippen LogP contribution in [0.25, 0.3) is 0 Å². The molecule has 0 aromatic rings. The average Bonchev–Trinajstić information content (AvgIpc) is 2.53. The Hall–Kier alpha value is -1.54. The smallest absolute Gasteiger partial charge is 0.407 e. The molecule has 2 aliphatic rings. The van der Waals surface area contributed by atoms with Crippen LogP contribution < -0.4 is 11.1 Å². The fraction of sp³-hybridized carbons (Fsp3) is 0.846. The van der Waals surface area contributed by atoms with Crippen LogP contribution in [0.2, 0.25) is 0 Å². The highest BCUT2D eigenvalue weighted by atomic mass is 16.4. The Morgan fingerprint density at radius 3 is 2.19 bits per heavy atom. The van der Waals surface area contributed by atoms with Crippen LogP contribution in [0.15, 0.2) is 0 Å². The van der Waals surface area contributed by atoms with Gasteiger partial charge < -0.3 is 26.0 Å². The first-order valence-electron chi connectivity index (χ1n) is 7.53. The minimum absolute atomic E-state index is 0.0360. The molecule has 0 radical (unpaired) electrons. The fourth-order valence-corrected chi connectivity index (χ4v) is 2.76. The van der Waals surface area contributed by atoms with Crippen molar-refractivity contribution >= 4 is 12.1 Å². The van der Waals surface area contributed by atoms with Crippen LogP contribution in [0, 0.1) is 5.92 Å². The van der Waals surface area contributed by atoms with Gasteiger partial charge in [0, 0.05) is 39.3 Å². The molecule has 0 aromatic heterocycles. The second kappa shape index (κ2) is 7.46. The molecule has 0 spiro atoms. The molecule has 2 fully saturated rings. The van der Waals surface area contributed by atoms with Crippen molar-refractivity contribution in [2.24, 2.45) is 11.7 Å². The molecular weight excluding hydrogens is 274 g/mol. The summed E-state index contributed by atoms with van der Waals surface area (Å²) in [6, 6.07) is -0.0360. The Bertz CT molecular complexity index is 363. The summed E-state index contributed by atoms with van der Waals surface area (Å²) >= 11 is 0. The van der Waals surface area contributed by atoms with Crippen LogP contribution in [-0.4, -0.2) is 84.4 Å². The van der Waals surface area contributed by atoms with E-state index in [4.69, 9.17) is 10.8 Å². The van der Waals surface area contributed by atoms with Crippen LogP contribution in [0.3, 0.4) is 0 Å². The number of rotatable bonds is 3. The van der Waals surface area contributed by atoms with Crippen molar-refractivity contribution in [3.05, 3.63) is 0 Å². The summed E-state index contributed by atoms with van der Waals surface area (Å²) in [4.78, 5) is 28.2. The number of amides is 3. The van der Waals surface area contributed by atoms with Crippen molar-refractivity contribution in [2.45, 2.75) is 12.8 Å². The van der Waals surface area contributed by atoms with Crippen molar-refractivity contribution in [3.8, 4) is 0 Å². The molecule has 0 saturated carbocycles. The standard InChI is InChI=1S/C13H25N5O3/c14-9-11-1-3-17(4-2-11)12(19)15-10-16-5-7-18(8-6-16)13(20)21/h11H,1-10,14H2,(H,15,19)(H,20,21). The first-order chi connectivity index (χ1) is 10.1. The SMILES string of the molecule is NCC1CCN(C(=O)NCN2CCN(C(=O)O)CC2)CC1. The van der Waals surface area contributed by atoms with Gasteiger partial charge in [-0.2, -0.15) is 0 Å². The van der Waals surface area contributed by atoms with Crippen molar-refractivity contribution in [1.29, 1.82) is 0 Å². The monoisotopic (exact) mass is 299 g/mol. The summed E-state index contributed by atoms with van der Waals surface area (Å²) in [5.74, 6) is 0.540. The van der Waals surface area contributed by atoms with E-state index in [0.717, 1.165) is 25.9 Å². The summed E-state index contributed by atoms with van der Waals surface area (Å²) in [6.45, 7) is 5.00. The molecule has 0 bridgehead atoms. The summed E-state index contributed by atoms with van der Waals surface area (Å²) in [5, 5.41) is 11.8. The van der Waals surface area contributed by atoms with E-state index in [1.54, 1.807) is 0 Å². The molecule has 120 valence electrons. The number of nitrogens with zero attached hydrogens (tertiary/aromatic N) is 3. The van der Waals surface area contributed by atoms with Gasteiger partial charge in [0.05, 0.1) is 6.67 Å². The Morgan fingerprint density at radius 1 is 1.05 bits per heavy atom. The zero-order valence-corrected chi connectivity index (χ0v) is 12.3. The van der Waals surface area contributed by atoms with Gasteiger partial charge in [-0.15, -0.1) is 0 Å². The highest BCUT2D eigenvalue weighted by molar-refractivity contribution is 5.74. The van der Waals surface area contributed by atoms with Gasteiger partial charge in [-0.05, 0) is 25.3 Å². The third-order valence-electron chi connectivity index (χ3n) is 4.33. The predicted octanol–water partition coefficient (Wildman–Crippen LogP) is -0.380. The average molecular weight is 299 g/mol. The number of carbonyl (C=O) groups is 2. The lowest BCUT2D eigenvalue weighted by molar-refractivity contribution is 0.100. The van der Waals surface area contributed by atoms with Gasteiger partial charge in [0.15, 0.2) is 0 Å². The summed E-state index contributed by atoms with van der Waals surface area (Å²) in [7, 11) is 0. The second-order valence-electron chi connectivity index (χ2n) is 5.69. The van der Waals surface area contributed by atoms with E-state index in [-0.39, 0.29) is 6.03 Å². The number of urea groups is 1. The number of piperazine rings is 1. The fourth-order valence-electron chi connectivity index (χ4n) is 2.76. The molecule has 3 amide bonds. The molecular formula is C13H25N5O3. The maximum Gasteiger partial charge on any atom is 0.407 e. The van der Waals surface area contributed by atoms with Crippen LogP contribution >= 0.6 is 0 Å². The Kier molecular flexibility index (Phi) is 5.63. The van der Waals surface area contributed by atoms with Crippen molar-refractivity contribution < 1.29 is 14.7 Å². The van der Waals surface area contributed by atoms with E-state index < -0.39 is 6.09 Å². The molecule has 21 heavy (non-hydrogen) atoms. The van der Waals surface area contributed by atoms with E-state index in [1.165, 1.54) is 4.90 Å². The van der Waals surface area contributed by atoms with Crippen LogP contribution in [0.1, 0.15) is 12.8 Å². The molecule has 0 atom stereocenters. The molecule has 0 aromatic carbocycles. The number of nitrogens with one attached hydrogen (secondary N) is 1. The van der Waals surface area contributed by atoms with E-state index in [2.05, 4.69) is 10.2 Å². The quantitative estimate of drug-likeness (QED) is 0.659. The Morgan fingerprint density at radius 2 is 1.67 bits per heavy atom. The minimum atomic E-state index is -0.874. The van der Waals surface area contributed by atoms with Gasteiger partial charge in [0.1, 0.15) is 0 Å². The van der Waals surface area contributed by atoms with Gasteiger partial charge in [0.25, 0.3) is 0 Å². The van der Waals surface area contributed by atoms with Crippen molar-refractivity contribution in [2.75, 3.05) is 52.5 Å². The van der Waals surface area contributed by atoms with E-state index in [1.807, 2.05) is 4.90 Å². The number of carbonyl (C=O) groups excluding carboxylic acids is 1. The summed E-state index contributed by atoms with van der Waals surface area (Å²) < 4.78 is 0. The molecule has 2 saturated heterocycles. The lowest BCUT2D eigenvalue weighted by Crippen LogP contribution is -2.53. The topological polar surface area (TPSA) is 102 Å². The number of hydrogen-bond donors (Lipinski definition) is 3. The van der Waals surface area contributed by atoms with Crippen LogP contribution in [0.4, 0.5) is 9.59 Å². The van der Waals surface area contributed by atoms with Gasteiger partial charge in [-0.1, -0.05) is 0 Å². The Balaban J connectivity index is 1.65. The third-order valence-corrected chi connectivity index (χ3v) is 4.33. The molecule has 2 rings (SSSR count). The van der Waals surface area contributed by atoms with E-state index in [9.17, 15) is 9.59 Å². The molecule has 2 aliphatic heterocycles. The minimum Gasteiger partial charge on any atom is -0.465 e. The normalized spacial score (nSPS) is 21.4. The second-order valence-corrected chi connectivity index (χ2v) is 5.69. The number of nitrogens with two attached hydrogens (primary N) is 1. The van der Waals surface area contributed by atoms with E-state index >= 15 is 0 Å². The third kappa shape index (κ3) is 4.47. The first-order valence-corrected chi connectivity index (χ1v) is 7.53. The summed E-state index contributed by atoms with van der Waals surface area (Å²) in [6.07, 6.45) is 1.07. The Labute approximate surface area is 124 Å². The van der Waals surface area contributed by atoms with Crippen LogP contribution in [0.5, 0.6) is 0 Å². The van der Waals surface area contributed by atoms with Gasteiger partial charge in [-0.25, -0.2) is 9.59 Å². The van der Waals surface area contributed by atoms with Crippen molar-refractivity contribution in [3.63, 3.8) is 0 Å². The van der Waals surface area contributed by atoms with Gasteiger partial charge >= 0.3 is 12.1 Å². The van der Waals surface area contributed by atoms with Gasteiger partial charge in [0.2, 0.25) is 0 Å². The van der Waals surface area contributed by atoms with E-state index in [0.29, 0.717) is 45.3 Å². The summed E-state index contributed by atoms with van der Waals surface area (Å²) in [5.41, 5.74) is 5.64. The highest BCUT2D eigenvalue weighted by Gasteiger charge is 2.23. The maximum atomic E-state index is 12.1. The number of piperidine rings is 1. The molecule has 0 aliphatic carbocycles. The molecule has 4 N–H and O–H groups in total. The van der Waals surface area contributed by atoms with Crippen LogP contribution in [-0.2, 0) is 0 Å². The zero-order valence-electron chi connectivity index (χ0n) is 12.3. The maximum absolute atomic E-state index is 12.1. The molecule has 8 heteroatoms. The lowest BCUT2D eigenvalue weighted by Gasteiger charge is -2.35. The number of carboxylic acid groups (broad SMARTS) is 1. The first kappa shape index (κ1) is 15.8. The number of hydrogen-bond acceptors (Lipinski definition) is 4. The highest BCUT2D eigenvalue weighted by Crippen LogP contribution is 2.15. The predicted molar refractivity (Wildman–Crippen MR) is 77.9 cm³/mol. The van der Waals surface area contributed by atoms with Crippen molar-refractivity contribution in [1.82, 2.24) is 20.0 Å². The molecule has 0 unspecified atom stereocenters. The largest absolute Gasteiger partial charge is 0.465 e.